The molecule has 32 heavy (non-hydrogen) atoms. The van der Waals surface area contributed by atoms with Crippen LogP contribution in [0.5, 0.6) is 0 Å². The second kappa shape index (κ2) is 11.5. The number of carbonyl (C=O) groups is 1. The Hall–Kier alpha value is -3.10. The summed E-state index contributed by atoms with van der Waals surface area (Å²) in [4.78, 5) is 22.3. The van der Waals surface area contributed by atoms with Crippen LogP contribution in [0.2, 0.25) is 0 Å². The highest BCUT2D eigenvalue weighted by atomic mass is 16.6. The maximum atomic E-state index is 12.1. The summed E-state index contributed by atoms with van der Waals surface area (Å²) >= 11 is 0. The van der Waals surface area contributed by atoms with Crippen LogP contribution in [0.4, 0.5) is 4.79 Å². The minimum absolute atomic E-state index is 0.249. The van der Waals surface area contributed by atoms with E-state index in [1.807, 2.05) is 58.9 Å². The molecule has 0 saturated carbocycles. The average molecular weight is 445 g/mol. The molecule has 0 aliphatic rings. The number of guanidine groups is 1. The van der Waals surface area contributed by atoms with Gasteiger partial charge in [-0.25, -0.2) is 4.79 Å². The van der Waals surface area contributed by atoms with Crippen molar-refractivity contribution in [3.8, 4) is 0 Å². The van der Waals surface area contributed by atoms with Crippen LogP contribution in [0.3, 0.4) is 0 Å². The molecule has 2 aromatic rings. The van der Waals surface area contributed by atoms with E-state index in [9.17, 15) is 4.79 Å². The lowest BCUT2D eigenvalue weighted by Crippen LogP contribution is -2.37. The van der Waals surface area contributed by atoms with Crippen molar-refractivity contribution in [2.24, 2.45) is 4.99 Å². The number of hydrogen-bond acceptors (Lipinski definition) is 6. The van der Waals surface area contributed by atoms with Crippen molar-refractivity contribution in [3.05, 3.63) is 47.1 Å². The Kier molecular flexibility index (Phi) is 9.04. The second-order valence-corrected chi connectivity index (χ2v) is 8.96. The zero-order valence-corrected chi connectivity index (χ0v) is 20.2. The number of ether oxygens (including phenoxy) is 1. The van der Waals surface area contributed by atoms with Gasteiger partial charge in [-0.15, -0.1) is 0 Å². The summed E-state index contributed by atoms with van der Waals surface area (Å²) in [6.07, 6.45) is 0.291. The van der Waals surface area contributed by atoms with Gasteiger partial charge in [0.2, 0.25) is 5.89 Å². The maximum Gasteiger partial charge on any atom is 0.410 e. The van der Waals surface area contributed by atoms with Crippen LogP contribution < -0.4 is 10.6 Å². The predicted octanol–water partition coefficient (Wildman–Crippen LogP) is 3.47. The van der Waals surface area contributed by atoms with Gasteiger partial charge in [0.05, 0.1) is 0 Å². The SMILES string of the molecule is CN=C(NCCc1nc(C(C)C)no1)NCc1ccc(CN(C)C(=O)OC(C)(C)C)cc1. The molecule has 0 fully saturated rings. The fourth-order valence-electron chi connectivity index (χ4n) is 2.74. The highest BCUT2D eigenvalue weighted by Crippen LogP contribution is 2.12. The van der Waals surface area contributed by atoms with Crippen molar-refractivity contribution in [1.29, 1.82) is 0 Å². The average Bonchev–Trinajstić information content (AvgIpc) is 3.19. The molecular formula is C23H36N6O3. The van der Waals surface area contributed by atoms with Crippen molar-refractivity contribution in [2.75, 3.05) is 20.6 Å². The van der Waals surface area contributed by atoms with Gasteiger partial charge < -0.3 is 24.8 Å². The largest absolute Gasteiger partial charge is 0.444 e. The topological polar surface area (TPSA) is 105 Å². The summed E-state index contributed by atoms with van der Waals surface area (Å²) in [5, 5.41) is 10.5. The van der Waals surface area contributed by atoms with E-state index in [-0.39, 0.29) is 12.0 Å². The molecule has 1 amide bonds. The molecule has 1 aromatic heterocycles. The molecule has 0 aliphatic heterocycles. The van der Waals surface area contributed by atoms with Gasteiger partial charge in [-0.1, -0.05) is 43.3 Å². The van der Waals surface area contributed by atoms with E-state index < -0.39 is 5.60 Å². The molecule has 2 N–H and O–H groups in total. The van der Waals surface area contributed by atoms with Crippen LogP contribution >= 0.6 is 0 Å². The second-order valence-electron chi connectivity index (χ2n) is 8.96. The summed E-state index contributed by atoms with van der Waals surface area (Å²) in [5.41, 5.74) is 1.63. The van der Waals surface area contributed by atoms with Gasteiger partial charge in [-0.2, -0.15) is 4.98 Å². The highest BCUT2D eigenvalue weighted by Gasteiger charge is 2.19. The van der Waals surface area contributed by atoms with Crippen LogP contribution in [0.1, 0.15) is 63.4 Å². The maximum absolute atomic E-state index is 12.1. The molecule has 0 atom stereocenters. The number of aromatic nitrogens is 2. The van der Waals surface area contributed by atoms with Gasteiger partial charge in [-0.3, -0.25) is 4.99 Å². The number of amides is 1. The third kappa shape index (κ3) is 8.56. The fraction of sp³-hybridized carbons (Fsp3) is 0.565. The summed E-state index contributed by atoms with van der Waals surface area (Å²) in [6.45, 7) is 11.4. The van der Waals surface area contributed by atoms with E-state index in [4.69, 9.17) is 9.26 Å². The molecule has 0 aliphatic carbocycles. The van der Waals surface area contributed by atoms with Crippen molar-refractivity contribution < 1.29 is 14.1 Å². The van der Waals surface area contributed by atoms with E-state index in [0.717, 1.165) is 17.0 Å². The smallest absolute Gasteiger partial charge is 0.410 e. The number of aliphatic imine (C=N–C) groups is 1. The molecule has 9 heteroatoms. The van der Waals surface area contributed by atoms with Gasteiger partial charge in [0.15, 0.2) is 11.8 Å². The van der Waals surface area contributed by atoms with Gasteiger partial charge in [-0.05, 0) is 31.9 Å². The minimum atomic E-state index is -0.504. The lowest BCUT2D eigenvalue weighted by Gasteiger charge is -2.24. The number of carbonyl (C=O) groups excluding carboxylic acids is 1. The van der Waals surface area contributed by atoms with Crippen molar-refractivity contribution in [3.63, 3.8) is 0 Å². The van der Waals surface area contributed by atoms with Crippen molar-refractivity contribution in [2.45, 2.75) is 65.6 Å². The van der Waals surface area contributed by atoms with E-state index in [1.54, 1.807) is 19.0 Å². The molecule has 0 radical (unpaired) electrons. The summed E-state index contributed by atoms with van der Waals surface area (Å²) in [7, 11) is 3.46. The summed E-state index contributed by atoms with van der Waals surface area (Å²) in [6, 6.07) is 8.08. The fourth-order valence-corrected chi connectivity index (χ4v) is 2.74. The molecule has 0 spiro atoms. The van der Waals surface area contributed by atoms with Gasteiger partial charge >= 0.3 is 6.09 Å². The number of hydrogen-bond donors (Lipinski definition) is 2. The molecule has 0 unspecified atom stereocenters. The van der Waals surface area contributed by atoms with Gasteiger partial charge in [0.1, 0.15) is 5.60 Å². The van der Waals surface area contributed by atoms with Crippen LogP contribution in [0.15, 0.2) is 33.8 Å². The molecule has 1 heterocycles. The summed E-state index contributed by atoms with van der Waals surface area (Å²) in [5.74, 6) is 2.29. The van der Waals surface area contributed by atoms with Crippen LogP contribution in [-0.2, 0) is 24.2 Å². The standard InChI is InChI=1S/C23H36N6O3/c1-16(2)20-27-19(32-28-20)12-13-25-21(24-6)26-14-17-8-10-18(11-9-17)15-29(7)22(30)31-23(3,4)5/h8-11,16H,12-15H2,1-7H3,(H2,24,25,26). The zero-order chi connectivity index (χ0) is 23.7. The Bertz CT molecular complexity index is 884. The number of rotatable bonds is 8. The monoisotopic (exact) mass is 444 g/mol. The van der Waals surface area contributed by atoms with Gasteiger partial charge in [0, 0.05) is 46.1 Å². The Morgan fingerprint density at radius 3 is 2.41 bits per heavy atom. The summed E-state index contributed by atoms with van der Waals surface area (Å²) < 4.78 is 10.6. The zero-order valence-electron chi connectivity index (χ0n) is 20.2. The minimum Gasteiger partial charge on any atom is -0.444 e. The predicted molar refractivity (Wildman–Crippen MR) is 124 cm³/mol. The Labute approximate surface area is 190 Å². The Morgan fingerprint density at radius 2 is 1.84 bits per heavy atom. The van der Waals surface area contributed by atoms with E-state index in [0.29, 0.717) is 37.9 Å². The lowest BCUT2D eigenvalue weighted by atomic mass is 10.1. The molecule has 1 aromatic carbocycles. The first-order valence-corrected chi connectivity index (χ1v) is 10.9. The molecule has 0 bridgehead atoms. The molecular weight excluding hydrogens is 408 g/mol. The van der Waals surface area contributed by atoms with Crippen molar-refractivity contribution in [1.82, 2.24) is 25.7 Å². The Balaban J connectivity index is 1.76. The van der Waals surface area contributed by atoms with E-state index in [2.05, 4.69) is 25.8 Å². The normalized spacial score (nSPS) is 12.1. The molecule has 0 saturated heterocycles. The molecule has 176 valence electrons. The number of nitrogens with one attached hydrogen (secondary N) is 2. The quantitative estimate of drug-likeness (QED) is 0.474. The lowest BCUT2D eigenvalue weighted by molar-refractivity contribution is 0.0285. The third-order valence-corrected chi connectivity index (χ3v) is 4.46. The third-order valence-electron chi connectivity index (χ3n) is 4.46. The van der Waals surface area contributed by atoms with E-state index in [1.165, 1.54) is 0 Å². The highest BCUT2D eigenvalue weighted by molar-refractivity contribution is 5.79. The van der Waals surface area contributed by atoms with E-state index >= 15 is 0 Å². The van der Waals surface area contributed by atoms with Crippen molar-refractivity contribution >= 4 is 12.1 Å². The number of nitrogens with zero attached hydrogens (tertiary/aromatic N) is 4. The van der Waals surface area contributed by atoms with Crippen LogP contribution in [0, 0.1) is 0 Å². The molecule has 9 nitrogen and oxygen atoms in total. The van der Waals surface area contributed by atoms with Gasteiger partial charge in [0.25, 0.3) is 0 Å². The Morgan fingerprint density at radius 1 is 1.19 bits per heavy atom. The first-order valence-electron chi connectivity index (χ1n) is 10.9. The first kappa shape index (κ1) is 25.2. The van der Waals surface area contributed by atoms with Crippen LogP contribution in [-0.4, -0.2) is 53.3 Å². The number of benzene rings is 1. The molecule has 2 rings (SSSR count). The first-order chi connectivity index (χ1) is 15.1. The van der Waals surface area contributed by atoms with Crippen LogP contribution in [0.25, 0.3) is 0 Å².